The minimum Gasteiger partial charge on any atom is -0.298 e. The lowest BCUT2D eigenvalue weighted by molar-refractivity contribution is 0.722. The van der Waals surface area contributed by atoms with Crippen LogP contribution in [0.1, 0.15) is 40.5 Å². The first-order valence-corrected chi connectivity index (χ1v) is 4.53. The molecule has 0 aliphatic heterocycles. The van der Waals surface area contributed by atoms with Crippen LogP contribution in [0.15, 0.2) is 9.98 Å². The summed E-state index contributed by atoms with van der Waals surface area (Å²) in [4.78, 5) is 7.51. The Bertz CT molecular complexity index is 96.4. The lowest BCUT2D eigenvalue weighted by Crippen LogP contribution is -1.90. The van der Waals surface area contributed by atoms with Gasteiger partial charge in [0.1, 0.15) is 0 Å². The van der Waals surface area contributed by atoms with E-state index in [1.807, 2.05) is 13.8 Å². The molecule has 2 heteroatoms. The maximum atomic E-state index is 3.76. The molecule has 0 aromatic carbocycles. The van der Waals surface area contributed by atoms with Gasteiger partial charge in [-0.05, 0) is 40.1 Å². The first-order valence-electron chi connectivity index (χ1n) is 4.53. The molecule has 0 saturated heterocycles. The lowest BCUT2D eigenvalue weighted by atomic mass is 10.3. The van der Waals surface area contributed by atoms with E-state index >= 15 is 0 Å². The molecule has 0 amide bonds. The summed E-state index contributed by atoms with van der Waals surface area (Å²) in [7, 11) is 0. The van der Waals surface area contributed by atoms with Crippen molar-refractivity contribution in [2.45, 2.75) is 52.6 Å². The molecule has 72 valence electrons. The smallest absolute Gasteiger partial charge is 0.0461 e. The molecule has 2 atom stereocenters. The number of nitrogens with zero attached hydrogens (tertiary/aromatic N) is 2. The second-order valence-corrected chi connectivity index (χ2v) is 2.88. The average Bonchev–Trinajstić information content (AvgIpc) is 2.16. The zero-order chi connectivity index (χ0) is 9.98. The molecule has 0 aromatic rings. The molecule has 2 nitrogen and oxygen atoms in total. The Balaban J connectivity index is 0. The van der Waals surface area contributed by atoms with Crippen LogP contribution in [0.25, 0.3) is 0 Å². The normalized spacial score (nSPS) is 13.7. The Hall–Kier alpha value is -0.660. The van der Waals surface area contributed by atoms with Crippen molar-refractivity contribution in [1.29, 1.82) is 0 Å². The SMILES string of the molecule is C=NC(C)CC.C=NC(C)CC. The van der Waals surface area contributed by atoms with E-state index in [1.54, 1.807) is 0 Å². The summed E-state index contributed by atoms with van der Waals surface area (Å²) in [6.07, 6.45) is 2.20. The molecule has 0 spiro atoms. The number of aliphatic imine (C=N–C) groups is 2. The van der Waals surface area contributed by atoms with Crippen molar-refractivity contribution in [3.05, 3.63) is 0 Å². The topological polar surface area (TPSA) is 24.7 Å². The maximum Gasteiger partial charge on any atom is 0.0461 e. The number of hydrogen-bond donors (Lipinski definition) is 0. The third-order valence-corrected chi connectivity index (χ3v) is 1.80. The molecule has 0 heterocycles. The standard InChI is InChI=1S/2C5H11N/c2*1-4-5(2)6-3/h2*5H,3-4H2,1-2H3. The molecule has 0 N–H and O–H groups in total. The van der Waals surface area contributed by atoms with Crippen LogP contribution in [-0.2, 0) is 0 Å². The Kier molecular flexibility index (Phi) is 12.0. The van der Waals surface area contributed by atoms with E-state index in [0.29, 0.717) is 12.1 Å². The van der Waals surface area contributed by atoms with Crippen LogP contribution in [0.2, 0.25) is 0 Å². The van der Waals surface area contributed by atoms with Crippen LogP contribution >= 0.6 is 0 Å². The van der Waals surface area contributed by atoms with E-state index in [0.717, 1.165) is 12.8 Å². The second-order valence-electron chi connectivity index (χ2n) is 2.88. The van der Waals surface area contributed by atoms with Crippen molar-refractivity contribution in [3.63, 3.8) is 0 Å². The highest BCUT2D eigenvalue weighted by Gasteiger charge is 1.85. The van der Waals surface area contributed by atoms with E-state index in [1.165, 1.54) is 0 Å². The molecule has 0 aliphatic rings. The molecule has 2 unspecified atom stereocenters. The van der Waals surface area contributed by atoms with Crippen molar-refractivity contribution in [3.8, 4) is 0 Å². The van der Waals surface area contributed by atoms with Crippen LogP contribution in [0.4, 0.5) is 0 Å². The third-order valence-electron chi connectivity index (χ3n) is 1.80. The van der Waals surface area contributed by atoms with E-state index in [-0.39, 0.29) is 0 Å². The molecule has 0 aromatic heterocycles. The van der Waals surface area contributed by atoms with Gasteiger partial charge in [-0.15, -0.1) is 0 Å². The highest BCUT2D eigenvalue weighted by molar-refractivity contribution is 5.24. The number of hydrogen-bond acceptors (Lipinski definition) is 2. The Morgan fingerprint density at radius 3 is 1.17 bits per heavy atom. The fourth-order valence-corrected chi connectivity index (χ4v) is 0.258. The van der Waals surface area contributed by atoms with E-state index < -0.39 is 0 Å². The maximum absolute atomic E-state index is 3.76. The summed E-state index contributed by atoms with van der Waals surface area (Å²) in [6.45, 7) is 15.1. The van der Waals surface area contributed by atoms with Gasteiger partial charge in [0.05, 0.1) is 0 Å². The molecule has 12 heavy (non-hydrogen) atoms. The van der Waals surface area contributed by atoms with Crippen LogP contribution in [0.5, 0.6) is 0 Å². The first-order chi connectivity index (χ1) is 5.62. The van der Waals surface area contributed by atoms with Crippen molar-refractivity contribution in [2.24, 2.45) is 9.98 Å². The minimum atomic E-state index is 0.449. The first kappa shape index (κ1) is 13.9. The van der Waals surface area contributed by atoms with Gasteiger partial charge in [0.15, 0.2) is 0 Å². The molecule has 0 saturated carbocycles. The van der Waals surface area contributed by atoms with Gasteiger partial charge in [-0.2, -0.15) is 0 Å². The Labute approximate surface area is 76.8 Å². The van der Waals surface area contributed by atoms with E-state index in [4.69, 9.17) is 0 Å². The molecule has 0 bridgehead atoms. The molecule has 0 rings (SSSR count). The third kappa shape index (κ3) is 12.1. The van der Waals surface area contributed by atoms with Crippen molar-refractivity contribution < 1.29 is 0 Å². The predicted octanol–water partition coefficient (Wildman–Crippen LogP) is 2.97. The predicted molar refractivity (Wildman–Crippen MR) is 58.6 cm³/mol. The fourth-order valence-electron chi connectivity index (χ4n) is 0.258. The zero-order valence-corrected chi connectivity index (χ0v) is 8.88. The largest absolute Gasteiger partial charge is 0.298 e. The quantitative estimate of drug-likeness (QED) is 0.579. The van der Waals surface area contributed by atoms with Gasteiger partial charge in [0, 0.05) is 12.1 Å². The summed E-state index contributed by atoms with van der Waals surface area (Å²) in [6, 6.07) is 0.898. The van der Waals surface area contributed by atoms with Gasteiger partial charge in [0.2, 0.25) is 0 Å². The highest BCUT2D eigenvalue weighted by Crippen LogP contribution is 1.90. The monoisotopic (exact) mass is 170 g/mol. The molecule has 0 aliphatic carbocycles. The van der Waals surface area contributed by atoms with Gasteiger partial charge < -0.3 is 0 Å². The average molecular weight is 170 g/mol. The van der Waals surface area contributed by atoms with Crippen molar-refractivity contribution in [2.75, 3.05) is 0 Å². The minimum absolute atomic E-state index is 0.449. The summed E-state index contributed by atoms with van der Waals surface area (Å²) >= 11 is 0. The summed E-state index contributed by atoms with van der Waals surface area (Å²) < 4.78 is 0. The fraction of sp³-hybridized carbons (Fsp3) is 0.800. The highest BCUT2D eigenvalue weighted by atomic mass is 14.7. The molecular weight excluding hydrogens is 148 g/mol. The van der Waals surface area contributed by atoms with Gasteiger partial charge in [-0.25, -0.2) is 0 Å². The van der Waals surface area contributed by atoms with Crippen LogP contribution in [0, 0.1) is 0 Å². The van der Waals surface area contributed by atoms with Gasteiger partial charge >= 0.3 is 0 Å². The van der Waals surface area contributed by atoms with Crippen LogP contribution in [-0.4, -0.2) is 25.5 Å². The van der Waals surface area contributed by atoms with Gasteiger partial charge in [-0.3, -0.25) is 9.98 Å². The van der Waals surface area contributed by atoms with Gasteiger partial charge in [-0.1, -0.05) is 13.8 Å². The zero-order valence-electron chi connectivity index (χ0n) is 8.88. The Morgan fingerprint density at radius 1 is 0.917 bits per heavy atom. The summed E-state index contributed by atoms with van der Waals surface area (Å²) in [5, 5.41) is 0. The number of rotatable bonds is 4. The van der Waals surface area contributed by atoms with Crippen LogP contribution in [0.3, 0.4) is 0 Å². The molecule has 0 fully saturated rings. The lowest BCUT2D eigenvalue weighted by Gasteiger charge is -1.94. The van der Waals surface area contributed by atoms with E-state index in [2.05, 4.69) is 37.3 Å². The van der Waals surface area contributed by atoms with Gasteiger partial charge in [0.25, 0.3) is 0 Å². The summed E-state index contributed by atoms with van der Waals surface area (Å²) in [5.41, 5.74) is 0. The van der Waals surface area contributed by atoms with Crippen molar-refractivity contribution in [1.82, 2.24) is 0 Å². The Morgan fingerprint density at radius 2 is 1.17 bits per heavy atom. The van der Waals surface area contributed by atoms with Crippen LogP contribution < -0.4 is 0 Å². The molecular formula is C10H22N2. The molecule has 0 radical (unpaired) electrons. The summed E-state index contributed by atoms with van der Waals surface area (Å²) in [5.74, 6) is 0. The van der Waals surface area contributed by atoms with E-state index in [9.17, 15) is 0 Å². The van der Waals surface area contributed by atoms with Crippen molar-refractivity contribution >= 4 is 13.4 Å². The second kappa shape index (κ2) is 10.3.